The van der Waals surface area contributed by atoms with E-state index >= 15 is 0 Å². The minimum Gasteiger partial charge on any atom is -0.453 e. The van der Waals surface area contributed by atoms with Gasteiger partial charge < -0.3 is 4.52 Å². The fourth-order valence-corrected chi connectivity index (χ4v) is 4.08. The topological polar surface area (TPSA) is 9.23 Å². The Morgan fingerprint density at radius 2 is 1.29 bits per heavy atom. The zero-order valence-electron chi connectivity index (χ0n) is 15.8. The molecule has 2 rings (SSSR count). The predicted octanol–water partition coefficient (Wildman–Crippen LogP) is 6.85. The maximum Gasteiger partial charge on any atom is 0.215 e. The number of benzene rings is 2. The second kappa shape index (κ2) is 7.06. The molecule has 0 saturated heterocycles. The summed E-state index contributed by atoms with van der Waals surface area (Å²) in [6.45, 7) is 15.5. The highest BCUT2D eigenvalue weighted by Gasteiger charge is 2.29. The molecule has 0 aliphatic carbocycles. The van der Waals surface area contributed by atoms with Crippen molar-refractivity contribution in [1.29, 1.82) is 0 Å². The van der Waals surface area contributed by atoms with Gasteiger partial charge in [-0.15, -0.1) is 0 Å². The Bertz CT molecular complexity index is 661. The molecule has 1 nitrogen and oxygen atoms in total. The van der Waals surface area contributed by atoms with Crippen molar-refractivity contribution >= 4 is 24.0 Å². The third-order valence-corrected chi connectivity index (χ3v) is 5.82. The molecule has 1 unspecified atom stereocenters. The van der Waals surface area contributed by atoms with Gasteiger partial charge in [-0.2, -0.15) is 0 Å². The lowest BCUT2D eigenvalue weighted by atomic mass is 9.78. The van der Waals surface area contributed by atoms with Crippen molar-refractivity contribution in [3.8, 4) is 5.75 Å². The smallest absolute Gasteiger partial charge is 0.215 e. The highest BCUT2D eigenvalue weighted by atomic mass is 35.7. The molecule has 1 atom stereocenters. The lowest BCUT2D eigenvalue weighted by molar-refractivity contribution is 0.506. The average Bonchev–Trinajstić information content (AvgIpc) is 2.47. The Morgan fingerprint density at radius 3 is 1.71 bits per heavy atom. The van der Waals surface area contributed by atoms with Crippen LogP contribution in [0.15, 0.2) is 42.5 Å². The minimum atomic E-state index is -1.22. The van der Waals surface area contributed by atoms with Gasteiger partial charge in [0.05, 0.1) is 0 Å². The monoisotopic (exact) mass is 362 g/mol. The molecule has 0 radical (unpaired) electrons. The molecule has 3 heteroatoms. The molecule has 24 heavy (non-hydrogen) atoms. The number of hydrogen-bond donors (Lipinski definition) is 0. The first-order valence-corrected chi connectivity index (χ1v) is 10.5. The fourth-order valence-electron chi connectivity index (χ4n) is 2.66. The SMILES string of the molecule is Cc1cc(C(C)(C)C)c(OP(Cl)c2ccccc2)c(C(C)(C)C)c1. The summed E-state index contributed by atoms with van der Waals surface area (Å²) < 4.78 is 6.40. The number of halogens is 1. The van der Waals surface area contributed by atoms with Crippen molar-refractivity contribution in [3.05, 3.63) is 59.2 Å². The molecule has 0 N–H and O–H groups in total. The number of aryl methyl sites for hydroxylation is 1. The average molecular weight is 363 g/mol. The normalized spacial score (nSPS) is 13.7. The highest BCUT2D eigenvalue weighted by molar-refractivity contribution is 7.86. The van der Waals surface area contributed by atoms with Crippen molar-refractivity contribution in [3.63, 3.8) is 0 Å². The van der Waals surface area contributed by atoms with E-state index in [0.29, 0.717) is 0 Å². The van der Waals surface area contributed by atoms with Crippen LogP contribution in [0.3, 0.4) is 0 Å². The van der Waals surface area contributed by atoms with Crippen molar-refractivity contribution in [2.75, 3.05) is 0 Å². The summed E-state index contributed by atoms with van der Waals surface area (Å²) >= 11 is 6.67. The highest BCUT2D eigenvalue weighted by Crippen LogP contribution is 2.49. The summed E-state index contributed by atoms with van der Waals surface area (Å²) in [5.41, 5.74) is 3.68. The Balaban J connectivity index is 2.57. The van der Waals surface area contributed by atoms with Gasteiger partial charge in [0.25, 0.3) is 0 Å². The van der Waals surface area contributed by atoms with Gasteiger partial charge >= 0.3 is 0 Å². The molecule has 2 aromatic rings. The Morgan fingerprint density at radius 1 is 0.833 bits per heavy atom. The molecule has 0 heterocycles. The summed E-state index contributed by atoms with van der Waals surface area (Å²) in [5.74, 6) is 0.950. The van der Waals surface area contributed by atoms with Crippen LogP contribution in [0.1, 0.15) is 58.2 Å². The van der Waals surface area contributed by atoms with Crippen LogP contribution in [0.4, 0.5) is 0 Å². The van der Waals surface area contributed by atoms with Crippen molar-refractivity contribution in [2.45, 2.75) is 59.3 Å². The van der Waals surface area contributed by atoms with Crippen LogP contribution in [-0.2, 0) is 10.8 Å². The molecule has 0 bridgehead atoms. The molecular weight excluding hydrogens is 335 g/mol. The van der Waals surface area contributed by atoms with Crippen LogP contribution in [-0.4, -0.2) is 0 Å². The predicted molar refractivity (Wildman–Crippen MR) is 108 cm³/mol. The van der Waals surface area contributed by atoms with Crippen molar-refractivity contribution in [1.82, 2.24) is 0 Å². The molecule has 0 fully saturated rings. The largest absolute Gasteiger partial charge is 0.453 e. The Kier molecular flexibility index (Phi) is 5.68. The maximum absolute atomic E-state index is 6.67. The van der Waals surface area contributed by atoms with Crippen LogP contribution < -0.4 is 9.83 Å². The van der Waals surface area contributed by atoms with E-state index in [9.17, 15) is 0 Å². The second-order valence-electron chi connectivity index (χ2n) is 8.36. The molecular formula is C21H28ClOP. The summed E-state index contributed by atoms with van der Waals surface area (Å²) in [7, 11) is -1.22. The Hall–Kier alpha value is -1.04. The third kappa shape index (κ3) is 4.52. The lowest BCUT2D eigenvalue weighted by Gasteiger charge is -2.31. The van der Waals surface area contributed by atoms with E-state index in [1.807, 2.05) is 30.3 Å². The molecule has 0 aliphatic heterocycles. The molecule has 2 aromatic carbocycles. The maximum atomic E-state index is 6.67. The fraction of sp³-hybridized carbons (Fsp3) is 0.429. The standard InChI is InChI=1S/C21H28ClOP/c1-15-13-17(20(2,3)4)19(18(14-15)21(5,6)7)23-24(22)16-11-9-8-10-12-16/h8-14H,1-7H3. The van der Waals surface area contributed by atoms with Gasteiger partial charge in [-0.05, 0) is 29.0 Å². The summed E-state index contributed by atoms with van der Waals surface area (Å²) in [4.78, 5) is 0. The van der Waals surface area contributed by atoms with Crippen LogP contribution in [0.5, 0.6) is 5.75 Å². The van der Waals surface area contributed by atoms with Gasteiger partial charge in [-0.25, -0.2) is 0 Å². The zero-order chi connectivity index (χ0) is 18.1. The van der Waals surface area contributed by atoms with Gasteiger partial charge in [0, 0.05) is 16.4 Å². The first kappa shape index (κ1) is 19.3. The molecule has 130 valence electrons. The zero-order valence-corrected chi connectivity index (χ0v) is 17.4. The summed E-state index contributed by atoms with van der Waals surface area (Å²) in [5, 5.41) is 1.04. The first-order valence-electron chi connectivity index (χ1n) is 8.34. The molecule has 0 saturated carbocycles. The lowest BCUT2D eigenvalue weighted by Crippen LogP contribution is -2.19. The van der Waals surface area contributed by atoms with E-state index in [-0.39, 0.29) is 10.8 Å². The Labute approximate surface area is 153 Å². The van der Waals surface area contributed by atoms with Gasteiger partial charge in [0.15, 0.2) is 0 Å². The number of rotatable bonds is 3. The van der Waals surface area contributed by atoms with E-state index in [2.05, 4.69) is 60.6 Å². The van der Waals surface area contributed by atoms with Crippen LogP contribution in [0.2, 0.25) is 0 Å². The van der Waals surface area contributed by atoms with E-state index < -0.39 is 7.50 Å². The second-order valence-corrected chi connectivity index (χ2v) is 10.5. The summed E-state index contributed by atoms with van der Waals surface area (Å²) in [6.07, 6.45) is 0. The minimum absolute atomic E-state index is 0.00883. The molecule has 0 aromatic heterocycles. The van der Waals surface area contributed by atoms with E-state index in [4.69, 9.17) is 15.8 Å². The van der Waals surface area contributed by atoms with E-state index in [1.54, 1.807) is 0 Å². The molecule has 0 amide bonds. The van der Waals surface area contributed by atoms with Crippen LogP contribution >= 0.6 is 18.7 Å². The van der Waals surface area contributed by atoms with Crippen LogP contribution in [0.25, 0.3) is 0 Å². The quantitative estimate of drug-likeness (QED) is 0.543. The summed E-state index contributed by atoms with van der Waals surface area (Å²) in [6, 6.07) is 14.5. The van der Waals surface area contributed by atoms with E-state index in [0.717, 1.165) is 11.1 Å². The van der Waals surface area contributed by atoms with Gasteiger partial charge in [-0.1, -0.05) is 89.6 Å². The molecule has 0 spiro atoms. The van der Waals surface area contributed by atoms with Crippen molar-refractivity contribution in [2.24, 2.45) is 0 Å². The van der Waals surface area contributed by atoms with Crippen molar-refractivity contribution < 1.29 is 4.52 Å². The van der Waals surface area contributed by atoms with Gasteiger partial charge in [0.2, 0.25) is 7.50 Å². The first-order chi connectivity index (χ1) is 11.0. The molecule has 0 aliphatic rings. The van der Waals surface area contributed by atoms with Gasteiger partial charge in [-0.3, -0.25) is 0 Å². The van der Waals surface area contributed by atoms with E-state index in [1.165, 1.54) is 16.7 Å². The van der Waals surface area contributed by atoms with Gasteiger partial charge in [0.1, 0.15) is 5.75 Å². The van der Waals surface area contributed by atoms with Crippen LogP contribution in [0, 0.1) is 6.92 Å². The number of hydrogen-bond acceptors (Lipinski definition) is 1. The third-order valence-electron chi connectivity index (χ3n) is 3.98.